The van der Waals surface area contributed by atoms with E-state index < -0.39 is 16.6 Å². The van der Waals surface area contributed by atoms with E-state index in [4.69, 9.17) is 13.6 Å². The zero-order valence-corrected chi connectivity index (χ0v) is 33.8. The first kappa shape index (κ1) is 38.2. The van der Waals surface area contributed by atoms with Gasteiger partial charge in [0.05, 0.1) is 19.3 Å². The van der Waals surface area contributed by atoms with Gasteiger partial charge in [0.25, 0.3) is 16.6 Å². The van der Waals surface area contributed by atoms with Gasteiger partial charge in [0.1, 0.15) is 6.10 Å². The van der Waals surface area contributed by atoms with Gasteiger partial charge in [-0.05, 0) is 61.9 Å². The molecule has 1 saturated heterocycles. The van der Waals surface area contributed by atoms with Gasteiger partial charge in [-0.15, -0.1) is 0 Å². The fourth-order valence-corrected chi connectivity index (χ4v) is 17.2. The van der Waals surface area contributed by atoms with Crippen LogP contribution < -0.4 is 20.7 Å². The number of allylic oxidation sites excluding steroid dienone is 1. The van der Waals surface area contributed by atoms with E-state index in [-0.39, 0.29) is 22.3 Å². The predicted octanol–water partition coefficient (Wildman–Crippen LogP) is 8.91. The molecule has 0 bridgehead atoms. The van der Waals surface area contributed by atoms with Crippen molar-refractivity contribution in [1.82, 2.24) is 0 Å². The first-order chi connectivity index (χ1) is 23.9. The van der Waals surface area contributed by atoms with Crippen molar-refractivity contribution in [2.75, 3.05) is 13.2 Å². The van der Waals surface area contributed by atoms with Gasteiger partial charge in [-0.2, -0.15) is 0 Å². The second-order valence-electron chi connectivity index (χ2n) is 16.6. The third-order valence-corrected chi connectivity index (χ3v) is 20.5. The van der Waals surface area contributed by atoms with Crippen LogP contribution in [0.15, 0.2) is 133 Å². The van der Waals surface area contributed by atoms with Crippen molar-refractivity contribution in [3.63, 3.8) is 0 Å². The summed E-state index contributed by atoms with van der Waals surface area (Å²) in [5.41, 5.74) is 0. The Hall–Kier alpha value is -3.07. The molecule has 0 saturated carbocycles. The minimum atomic E-state index is -2.55. The van der Waals surface area contributed by atoms with Crippen molar-refractivity contribution in [2.24, 2.45) is 11.8 Å². The second-order valence-corrected chi connectivity index (χ2v) is 25.2. The summed E-state index contributed by atoms with van der Waals surface area (Å²) in [4.78, 5) is 0. The van der Waals surface area contributed by atoms with Crippen LogP contribution in [0.25, 0.3) is 0 Å². The van der Waals surface area contributed by atoms with Gasteiger partial charge in [-0.25, -0.2) is 0 Å². The molecular weight excluding hydrogens is 645 g/mol. The van der Waals surface area contributed by atoms with Crippen molar-refractivity contribution in [2.45, 2.75) is 96.9 Å². The zero-order chi connectivity index (χ0) is 35.8. The number of benzene rings is 4. The van der Waals surface area contributed by atoms with Gasteiger partial charge in [0, 0.05) is 0 Å². The standard InChI is InChI=1S/C45H60O3Si2/c1-36(23-21-22-32-46-49(44(3,4)5,38-24-13-9-14-25-38)39-26-15-10-16-27-39)33-37(2)34-42-43(48-42)35-47-50(45(6,7)8,40-28-17-11-18-29-40)41-30-19-12-20-31-41/h9-22,24-31,36-37,42-43H,23,32-35H2,1-8H3/b22-21-/t36-,37-,42+,43-/m0/s1. The molecule has 0 aromatic heterocycles. The summed E-state index contributed by atoms with van der Waals surface area (Å²) in [6.07, 6.45) is 8.37. The lowest BCUT2D eigenvalue weighted by Gasteiger charge is -2.43. The summed E-state index contributed by atoms with van der Waals surface area (Å²) < 4.78 is 20.5. The van der Waals surface area contributed by atoms with E-state index in [1.54, 1.807) is 0 Å². The van der Waals surface area contributed by atoms with Crippen LogP contribution in [0.4, 0.5) is 0 Å². The van der Waals surface area contributed by atoms with E-state index in [2.05, 4.69) is 189 Å². The lowest BCUT2D eigenvalue weighted by atomic mass is 9.91. The van der Waals surface area contributed by atoms with Crippen molar-refractivity contribution < 1.29 is 13.6 Å². The van der Waals surface area contributed by atoms with E-state index >= 15 is 0 Å². The van der Waals surface area contributed by atoms with Gasteiger partial charge in [-0.1, -0.05) is 189 Å². The van der Waals surface area contributed by atoms with Gasteiger partial charge >= 0.3 is 0 Å². The summed E-state index contributed by atoms with van der Waals surface area (Å²) in [5, 5.41) is 5.26. The summed E-state index contributed by atoms with van der Waals surface area (Å²) >= 11 is 0. The maximum atomic E-state index is 7.16. The minimum Gasteiger partial charge on any atom is -0.405 e. The van der Waals surface area contributed by atoms with Gasteiger partial charge in [0.15, 0.2) is 0 Å². The number of epoxide rings is 1. The van der Waals surface area contributed by atoms with Crippen LogP contribution in [0.3, 0.4) is 0 Å². The summed E-state index contributed by atoms with van der Waals surface area (Å²) in [7, 11) is -5.06. The van der Waals surface area contributed by atoms with Crippen molar-refractivity contribution in [3.8, 4) is 0 Å². The molecule has 0 N–H and O–H groups in total. The molecule has 0 spiro atoms. The van der Waals surface area contributed by atoms with Crippen LogP contribution in [-0.2, 0) is 13.6 Å². The molecule has 4 atom stereocenters. The molecule has 1 aliphatic rings. The maximum absolute atomic E-state index is 7.16. The molecule has 50 heavy (non-hydrogen) atoms. The Morgan fingerprint density at radius 2 is 0.960 bits per heavy atom. The summed E-state index contributed by atoms with van der Waals surface area (Å²) in [6.45, 7) is 20.0. The first-order valence-electron chi connectivity index (χ1n) is 18.7. The Kier molecular flexibility index (Phi) is 12.6. The van der Waals surface area contributed by atoms with E-state index in [0.717, 1.165) is 12.8 Å². The number of hydrogen-bond donors (Lipinski definition) is 0. The molecule has 0 unspecified atom stereocenters. The fraction of sp³-hybridized carbons (Fsp3) is 0.422. The van der Waals surface area contributed by atoms with Gasteiger partial charge in [-0.3, -0.25) is 0 Å². The molecule has 1 fully saturated rings. The van der Waals surface area contributed by atoms with Gasteiger partial charge < -0.3 is 13.6 Å². The highest BCUT2D eigenvalue weighted by Gasteiger charge is 2.52. The molecule has 1 heterocycles. The molecule has 3 nitrogen and oxygen atoms in total. The normalized spacial score (nSPS) is 18.2. The first-order valence-corrected chi connectivity index (χ1v) is 22.5. The maximum Gasteiger partial charge on any atom is 0.261 e. The molecule has 4 aromatic carbocycles. The van der Waals surface area contributed by atoms with Crippen LogP contribution in [0.2, 0.25) is 10.1 Å². The Bertz CT molecular complexity index is 1530. The topological polar surface area (TPSA) is 31.0 Å². The van der Waals surface area contributed by atoms with Crippen molar-refractivity contribution in [1.29, 1.82) is 0 Å². The third-order valence-electron chi connectivity index (χ3n) is 10.5. The highest BCUT2D eigenvalue weighted by atomic mass is 28.4. The van der Waals surface area contributed by atoms with Crippen LogP contribution >= 0.6 is 0 Å². The average molecular weight is 705 g/mol. The Balaban J connectivity index is 1.14. The van der Waals surface area contributed by atoms with Crippen molar-refractivity contribution in [3.05, 3.63) is 133 Å². The molecule has 1 aliphatic heterocycles. The quantitative estimate of drug-likeness (QED) is 0.0664. The highest BCUT2D eigenvalue weighted by molar-refractivity contribution is 7.00. The molecule has 0 aliphatic carbocycles. The summed E-state index contributed by atoms with van der Waals surface area (Å²) in [5.74, 6) is 1.19. The molecule has 5 rings (SSSR count). The largest absolute Gasteiger partial charge is 0.405 e. The molecule has 5 heteroatoms. The van der Waals surface area contributed by atoms with Crippen LogP contribution in [0.5, 0.6) is 0 Å². The van der Waals surface area contributed by atoms with E-state index in [1.165, 1.54) is 27.2 Å². The Morgan fingerprint density at radius 3 is 1.36 bits per heavy atom. The number of ether oxygens (including phenoxy) is 1. The molecule has 0 radical (unpaired) electrons. The van der Waals surface area contributed by atoms with Gasteiger partial charge in [0.2, 0.25) is 0 Å². The smallest absolute Gasteiger partial charge is 0.261 e. The number of rotatable bonds is 16. The van der Waals surface area contributed by atoms with Crippen molar-refractivity contribution >= 4 is 37.4 Å². The average Bonchev–Trinajstić information content (AvgIpc) is 3.84. The van der Waals surface area contributed by atoms with Crippen LogP contribution in [0, 0.1) is 11.8 Å². The number of hydrogen-bond acceptors (Lipinski definition) is 3. The Morgan fingerprint density at radius 1 is 0.560 bits per heavy atom. The molecule has 0 amide bonds. The zero-order valence-electron chi connectivity index (χ0n) is 31.8. The second kappa shape index (κ2) is 16.5. The molecule has 266 valence electrons. The van der Waals surface area contributed by atoms with Crippen LogP contribution in [-0.4, -0.2) is 42.1 Å². The van der Waals surface area contributed by atoms with E-state index in [1.807, 2.05) is 0 Å². The predicted molar refractivity (Wildman–Crippen MR) is 217 cm³/mol. The SMILES string of the molecule is C[C@@H](C/C=C\CO[Si](c1ccccc1)(c1ccccc1)C(C)(C)C)C[C@H](C)C[C@H]1O[C@H]1CO[Si](c1ccccc1)(c1ccccc1)C(C)(C)C. The van der Waals surface area contributed by atoms with E-state index in [0.29, 0.717) is 25.0 Å². The third kappa shape index (κ3) is 8.68. The summed E-state index contributed by atoms with van der Waals surface area (Å²) in [6, 6.07) is 43.6. The fourth-order valence-electron chi connectivity index (χ4n) is 8.11. The minimum absolute atomic E-state index is 0.0143. The monoisotopic (exact) mass is 704 g/mol. The van der Waals surface area contributed by atoms with Crippen LogP contribution in [0.1, 0.15) is 74.7 Å². The molecule has 4 aromatic rings. The lowest BCUT2D eigenvalue weighted by Crippen LogP contribution is -2.66. The highest BCUT2D eigenvalue weighted by Crippen LogP contribution is 2.39. The lowest BCUT2D eigenvalue weighted by molar-refractivity contribution is 0.246. The Labute approximate surface area is 305 Å². The molecular formula is C45H60O3Si2. The van der Waals surface area contributed by atoms with E-state index in [9.17, 15) is 0 Å².